The molecule has 0 radical (unpaired) electrons. The van der Waals surface area contributed by atoms with Gasteiger partial charge >= 0.3 is 0 Å². The Bertz CT molecular complexity index is 632. The highest BCUT2D eigenvalue weighted by Crippen LogP contribution is 2.32. The van der Waals surface area contributed by atoms with E-state index in [0.717, 1.165) is 37.2 Å². The second kappa shape index (κ2) is 9.24. The first-order valence-corrected chi connectivity index (χ1v) is 9.01. The van der Waals surface area contributed by atoms with Crippen LogP contribution < -0.4 is 10.1 Å². The molecule has 2 aliphatic heterocycles. The maximum Gasteiger partial charge on any atom is 0.226 e. The first kappa shape index (κ1) is 20.5. The van der Waals surface area contributed by atoms with E-state index >= 15 is 0 Å². The molecule has 0 aliphatic carbocycles. The summed E-state index contributed by atoms with van der Waals surface area (Å²) in [5, 5.41) is 3.39. The molecule has 7 heteroatoms. The summed E-state index contributed by atoms with van der Waals surface area (Å²) in [5.74, 6) is 1.13. The van der Waals surface area contributed by atoms with E-state index in [0.29, 0.717) is 19.6 Å². The van der Waals surface area contributed by atoms with E-state index in [-0.39, 0.29) is 36.2 Å². The van der Waals surface area contributed by atoms with Crippen molar-refractivity contribution < 1.29 is 14.3 Å². The Kier molecular flexibility index (Phi) is 7.29. The van der Waals surface area contributed by atoms with Gasteiger partial charge in [-0.25, -0.2) is 0 Å². The van der Waals surface area contributed by atoms with Crippen molar-refractivity contribution in [1.29, 1.82) is 0 Å². The number of carbonyl (C=O) groups excluding carboxylic acids is 2. The molecule has 3 rings (SSSR count). The predicted octanol–water partition coefficient (Wildman–Crippen LogP) is 1.85. The molecule has 144 valence electrons. The summed E-state index contributed by atoms with van der Waals surface area (Å²) < 4.78 is 5.50. The molecule has 2 aliphatic rings. The van der Waals surface area contributed by atoms with Gasteiger partial charge in [0.15, 0.2) is 0 Å². The quantitative estimate of drug-likeness (QED) is 0.868. The largest absolute Gasteiger partial charge is 0.496 e. The maximum atomic E-state index is 13.2. The molecular weight excluding hydrogens is 354 g/mol. The van der Waals surface area contributed by atoms with E-state index in [1.807, 2.05) is 34.1 Å². The van der Waals surface area contributed by atoms with Gasteiger partial charge in [-0.3, -0.25) is 9.59 Å². The van der Waals surface area contributed by atoms with E-state index in [2.05, 4.69) is 5.32 Å². The van der Waals surface area contributed by atoms with Gasteiger partial charge in [-0.2, -0.15) is 0 Å². The molecule has 0 bridgehead atoms. The second-order valence-electron chi connectivity index (χ2n) is 6.77. The monoisotopic (exact) mass is 381 g/mol. The zero-order valence-corrected chi connectivity index (χ0v) is 16.3. The molecule has 1 unspecified atom stereocenters. The highest BCUT2D eigenvalue weighted by Gasteiger charge is 2.35. The van der Waals surface area contributed by atoms with Crippen LogP contribution in [0.4, 0.5) is 0 Å². The number of ether oxygens (including phenoxy) is 1. The summed E-state index contributed by atoms with van der Waals surface area (Å²) in [4.78, 5) is 28.5. The number of rotatable bonds is 3. The summed E-state index contributed by atoms with van der Waals surface area (Å²) in [6, 6.07) is 7.90. The molecule has 2 saturated heterocycles. The SMILES string of the molecule is COc1ccccc1C1CNCCN1C(=O)C1CCN(C(C)=O)CC1.Cl. The third kappa shape index (κ3) is 4.30. The summed E-state index contributed by atoms with van der Waals surface area (Å²) in [7, 11) is 1.67. The van der Waals surface area contributed by atoms with Crippen LogP contribution >= 0.6 is 12.4 Å². The Morgan fingerprint density at radius 1 is 1.15 bits per heavy atom. The van der Waals surface area contributed by atoms with Gasteiger partial charge in [0.1, 0.15) is 5.75 Å². The molecule has 2 fully saturated rings. The summed E-state index contributed by atoms with van der Waals surface area (Å²) in [6.07, 6.45) is 1.50. The standard InChI is InChI=1S/C19H27N3O3.ClH/c1-14(23)21-10-7-15(8-11-21)19(24)22-12-9-20-13-17(22)16-5-3-4-6-18(16)25-2;/h3-6,15,17,20H,7-13H2,1-2H3;1H. The van der Waals surface area contributed by atoms with Gasteiger partial charge in [0.25, 0.3) is 0 Å². The molecule has 26 heavy (non-hydrogen) atoms. The van der Waals surface area contributed by atoms with Crippen LogP contribution in [0.25, 0.3) is 0 Å². The number of hydrogen-bond donors (Lipinski definition) is 1. The van der Waals surface area contributed by atoms with E-state index in [4.69, 9.17) is 4.74 Å². The second-order valence-corrected chi connectivity index (χ2v) is 6.77. The van der Waals surface area contributed by atoms with Gasteiger partial charge in [-0.05, 0) is 18.9 Å². The van der Waals surface area contributed by atoms with E-state index in [1.54, 1.807) is 14.0 Å². The summed E-state index contributed by atoms with van der Waals surface area (Å²) >= 11 is 0. The van der Waals surface area contributed by atoms with Crippen molar-refractivity contribution in [3.05, 3.63) is 29.8 Å². The Morgan fingerprint density at radius 2 is 1.85 bits per heavy atom. The molecule has 0 aromatic heterocycles. The smallest absolute Gasteiger partial charge is 0.226 e. The number of halogens is 1. The van der Waals surface area contributed by atoms with E-state index < -0.39 is 0 Å². The zero-order valence-electron chi connectivity index (χ0n) is 15.4. The number of para-hydroxylation sites is 1. The Labute approximate surface area is 161 Å². The fourth-order valence-electron chi connectivity index (χ4n) is 3.86. The van der Waals surface area contributed by atoms with Gasteiger partial charge in [0.2, 0.25) is 11.8 Å². The van der Waals surface area contributed by atoms with Crippen LogP contribution in [0.15, 0.2) is 24.3 Å². The van der Waals surface area contributed by atoms with Gasteiger partial charge in [0, 0.05) is 51.1 Å². The topological polar surface area (TPSA) is 61.9 Å². The first-order valence-electron chi connectivity index (χ1n) is 9.01. The lowest BCUT2D eigenvalue weighted by Crippen LogP contribution is -2.52. The molecule has 1 atom stereocenters. The van der Waals surface area contributed by atoms with Crippen molar-refractivity contribution in [2.24, 2.45) is 5.92 Å². The van der Waals surface area contributed by atoms with E-state index in [1.165, 1.54) is 0 Å². The van der Waals surface area contributed by atoms with Crippen LogP contribution in [0.5, 0.6) is 5.75 Å². The Morgan fingerprint density at radius 3 is 2.50 bits per heavy atom. The zero-order chi connectivity index (χ0) is 17.8. The Balaban J connectivity index is 0.00000243. The fourth-order valence-corrected chi connectivity index (χ4v) is 3.86. The molecule has 2 heterocycles. The minimum Gasteiger partial charge on any atom is -0.496 e. The van der Waals surface area contributed by atoms with Gasteiger partial charge in [-0.15, -0.1) is 12.4 Å². The first-order chi connectivity index (χ1) is 12.1. The summed E-state index contributed by atoms with van der Waals surface area (Å²) in [5.41, 5.74) is 1.05. The van der Waals surface area contributed by atoms with Crippen molar-refractivity contribution in [3.63, 3.8) is 0 Å². The molecule has 6 nitrogen and oxygen atoms in total. The van der Waals surface area contributed by atoms with Crippen molar-refractivity contribution >= 4 is 24.2 Å². The summed E-state index contributed by atoms with van der Waals surface area (Å²) in [6.45, 7) is 5.20. The van der Waals surface area contributed by atoms with Crippen LogP contribution in [0.2, 0.25) is 0 Å². The van der Waals surface area contributed by atoms with Crippen LogP contribution in [-0.4, -0.2) is 61.4 Å². The number of piperazine rings is 1. The lowest BCUT2D eigenvalue weighted by Gasteiger charge is -2.40. The molecule has 1 aromatic rings. The van der Waals surface area contributed by atoms with Crippen molar-refractivity contribution in [3.8, 4) is 5.75 Å². The highest BCUT2D eigenvalue weighted by atomic mass is 35.5. The van der Waals surface area contributed by atoms with Crippen molar-refractivity contribution in [2.45, 2.75) is 25.8 Å². The number of methoxy groups -OCH3 is 1. The van der Waals surface area contributed by atoms with Crippen LogP contribution in [0.3, 0.4) is 0 Å². The average Bonchev–Trinajstić information content (AvgIpc) is 2.67. The number of benzene rings is 1. The Hall–Kier alpha value is -1.79. The van der Waals surface area contributed by atoms with Crippen molar-refractivity contribution in [2.75, 3.05) is 39.8 Å². The number of likely N-dealkylation sites (tertiary alicyclic amines) is 1. The number of carbonyl (C=O) groups is 2. The number of nitrogens with zero attached hydrogens (tertiary/aromatic N) is 2. The van der Waals surface area contributed by atoms with Gasteiger partial charge in [-0.1, -0.05) is 18.2 Å². The van der Waals surface area contributed by atoms with Gasteiger partial charge in [0.05, 0.1) is 13.2 Å². The minimum atomic E-state index is -0.0109. The normalized spacial score (nSPS) is 21.1. The lowest BCUT2D eigenvalue weighted by atomic mass is 9.93. The van der Waals surface area contributed by atoms with Crippen molar-refractivity contribution in [1.82, 2.24) is 15.1 Å². The molecule has 0 spiro atoms. The molecular formula is C19H28ClN3O3. The molecule has 1 N–H and O–H groups in total. The number of piperidine rings is 1. The fraction of sp³-hybridized carbons (Fsp3) is 0.579. The van der Waals surface area contributed by atoms with Crippen LogP contribution in [0.1, 0.15) is 31.4 Å². The molecule has 0 saturated carbocycles. The highest BCUT2D eigenvalue weighted by molar-refractivity contribution is 5.85. The van der Waals surface area contributed by atoms with Gasteiger partial charge < -0.3 is 19.9 Å². The molecule has 1 aromatic carbocycles. The predicted molar refractivity (Wildman–Crippen MR) is 103 cm³/mol. The number of hydrogen-bond acceptors (Lipinski definition) is 4. The van der Waals surface area contributed by atoms with Crippen LogP contribution in [-0.2, 0) is 9.59 Å². The minimum absolute atomic E-state index is 0. The van der Waals surface area contributed by atoms with E-state index in [9.17, 15) is 9.59 Å². The average molecular weight is 382 g/mol. The third-order valence-corrected chi connectivity index (χ3v) is 5.31. The third-order valence-electron chi connectivity index (χ3n) is 5.31. The molecule has 2 amide bonds. The number of nitrogens with one attached hydrogen (secondary N) is 1. The maximum absolute atomic E-state index is 13.2. The van der Waals surface area contributed by atoms with Crippen LogP contribution in [0, 0.1) is 5.92 Å². The number of amides is 2. The lowest BCUT2D eigenvalue weighted by molar-refractivity contribution is -0.142.